The van der Waals surface area contributed by atoms with E-state index >= 15 is 0 Å². The number of nitrogens with zero attached hydrogens (tertiary/aromatic N) is 3. The van der Waals surface area contributed by atoms with E-state index in [9.17, 15) is 13.2 Å². The summed E-state index contributed by atoms with van der Waals surface area (Å²) in [6.07, 6.45) is -3.03. The third-order valence-corrected chi connectivity index (χ3v) is 3.72. The Morgan fingerprint density at radius 2 is 1.59 bits per heavy atom. The molecule has 9 heteroatoms. The Morgan fingerprint density at radius 1 is 0.897 bits per heavy atom. The van der Waals surface area contributed by atoms with Gasteiger partial charge in [-0.3, -0.25) is 4.99 Å². The summed E-state index contributed by atoms with van der Waals surface area (Å²) in [5.74, 6) is 0.863. The van der Waals surface area contributed by atoms with E-state index in [2.05, 4.69) is 15.0 Å². The zero-order chi connectivity index (χ0) is 20.9. The van der Waals surface area contributed by atoms with Crippen molar-refractivity contribution in [3.05, 3.63) is 65.7 Å². The highest BCUT2D eigenvalue weighted by Crippen LogP contribution is 2.31. The lowest BCUT2D eigenvalue weighted by atomic mass is 10.2. The number of para-hydroxylation sites is 1. The molecule has 0 unspecified atom stereocenters. The van der Waals surface area contributed by atoms with Crippen LogP contribution in [0.15, 0.2) is 59.6 Å². The Morgan fingerprint density at radius 3 is 2.24 bits per heavy atom. The summed E-state index contributed by atoms with van der Waals surface area (Å²) in [7, 11) is 2.89. The van der Waals surface area contributed by atoms with Gasteiger partial charge >= 0.3 is 12.2 Å². The van der Waals surface area contributed by atoms with Gasteiger partial charge in [-0.15, -0.1) is 0 Å². The highest BCUT2D eigenvalue weighted by atomic mass is 19.4. The summed E-state index contributed by atoms with van der Waals surface area (Å²) < 4.78 is 54.4. The first-order valence-corrected chi connectivity index (χ1v) is 8.34. The fraction of sp³-hybridized carbons (Fsp3) is 0.150. The molecule has 3 rings (SSSR count). The molecule has 0 aliphatic heterocycles. The van der Waals surface area contributed by atoms with Gasteiger partial charge < -0.3 is 14.2 Å². The number of halogens is 3. The van der Waals surface area contributed by atoms with Gasteiger partial charge in [0.05, 0.1) is 31.5 Å². The topological polar surface area (TPSA) is 65.8 Å². The van der Waals surface area contributed by atoms with E-state index < -0.39 is 11.7 Å². The Labute approximate surface area is 164 Å². The molecule has 0 aliphatic rings. The zero-order valence-electron chi connectivity index (χ0n) is 15.5. The minimum absolute atomic E-state index is 0.0129. The number of methoxy groups -OCH3 is 2. The minimum Gasteiger partial charge on any atom is -0.481 e. The molecular formula is C20H16F3N3O3. The molecular weight excluding hydrogens is 387 g/mol. The van der Waals surface area contributed by atoms with Crippen molar-refractivity contribution in [3.8, 4) is 23.5 Å². The number of ether oxygens (including phenoxy) is 3. The Hall–Kier alpha value is -3.62. The third-order valence-electron chi connectivity index (χ3n) is 3.72. The number of aliphatic imine (C=N–C) groups is 1. The van der Waals surface area contributed by atoms with Crippen LogP contribution in [0.1, 0.15) is 11.1 Å². The largest absolute Gasteiger partial charge is 0.481 e. The second-order valence-electron chi connectivity index (χ2n) is 5.68. The second-order valence-corrected chi connectivity index (χ2v) is 5.68. The van der Waals surface area contributed by atoms with E-state index in [1.165, 1.54) is 38.6 Å². The molecule has 2 aromatic carbocycles. The number of hydrogen-bond donors (Lipinski definition) is 0. The molecule has 0 amide bonds. The van der Waals surface area contributed by atoms with Crippen LogP contribution >= 0.6 is 0 Å². The number of hydrogen-bond acceptors (Lipinski definition) is 6. The molecule has 0 atom stereocenters. The first-order chi connectivity index (χ1) is 13.9. The maximum atomic E-state index is 12.9. The predicted octanol–water partition coefficient (Wildman–Crippen LogP) is 5.06. The summed E-state index contributed by atoms with van der Waals surface area (Å²) in [4.78, 5) is 12.3. The van der Waals surface area contributed by atoms with Gasteiger partial charge in [-0.05, 0) is 30.3 Å². The van der Waals surface area contributed by atoms with Crippen LogP contribution in [-0.4, -0.2) is 30.4 Å². The summed E-state index contributed by atoms with van der Waals surface area (Å²) in [6.45, 7) is 0. The lowest BCUT2D eigenvalue weighted by Gasteiger charge is -2.09. The summed E-state index contributed by atoms with van der Waals surface area (Å²) in [5.41, 5.74) is -0.0854. The molecule has 1 heterocycles. The molecule has 3 aromatic rings. The number of benzene rings is 2. The van der Waals surface area contributed by atoms with E-state index in [1.807, 2.05) is 0 Å². The highest BCUT2D eigenvalue weighted by Gasteiger charge is 2.30. The number of alkyl halides is 3. The highest BCUT2D eigenvalue weighted by molar-refractivity contribution is 5.85. The van der Waals surface area contributed by atoms with E-state index in [-0.39, 0.29) is 23.5 Å². The average molecular weight is 403 g/mol. The van der Waals surface area contributed by atoms with Crippen molar-refractivity contribution in [1.82, 2.24) is 9.97 Å². The fourth-order valence-electron chi connectivity index (χ4n) is 2.32. The zero-order valence-corrected chi connectivity index (χ0v) is 15.5. The Bertz CT molecular complexity index is 1000. The van der Waals surface area contributed by atoms with Gasteiger partial charge in [-0.25, -0.2) is 0 Å². The maximum absolute atomic E-state index is 12.9. The van der Waals surface area contributed by atoms with Crippen LogP contribution in [0.4, 0.5) is 18.9 Å². The molecule has 150 valence electrons. The van der Waals surface area contributed by atoms with Gasteiger partial charge in [0.1, 0.15) is 5.75 Å². The van der Waals surface area contributed by atoms with E-state index in [0.29, 0.717) is 11.3 Å². The third kappa shape index (κ3) is 5.22. The van der Waals surface area contributed by atoms with Gasteiger partial charge in [-0.1, -0.05) is 18.2 Å². The fourth-order valence-corrected chi connectivity index (χ4v) is 2.32. The van der Waals surface area contributed by atoms with E-state index in [1.54, 1.807) is 24.3 Å². The van der Waals surface area contributed by atoms with Gasteiger partial charge in [0.15, 0.2) is 0 Å². The summed E-state index contributed by atoms with van der Waals surface area (Å²) in [6, 6.07) is 13.0. The van der Waals surface area contributed by atoms with Gasteiger partial charge in [0.2, 0.25) is 11.8 Å². The first-order valence-electron chi connectivity index (χ1n) is 8.34. The minimum atomic E-state index is -4.44. The predicted molar refractivity (Wildman–Crippen MR) is 100 cm³/mol. The molecule has 29 heavy (non-hydrogen) atoms. The monoisotopic (exact) mass is 403 g/mol. The van der Waals surface area contributed by atoms with Crippen LogP contribution in [0.3, 0.4) is 0 Å². The molecule has 1 aromatic heterocycles. The quantitative estimate of drug-likeness (QED) is 0.539. The Balaban J connectivity index is 1.88. The normalized spacial score (nSPS) is 11.5. The molecule has 6 nitrogen and oxygen atoms in total. The average Bonchev–Trinajstić information content (AvgIpc) is 2.72. The molecule has 0 N–H and O–H groups in total. The van der Waals surface area contributed by atoms with Crippen LogP contribution in [-0.2, 0) is 6.18 Å². The van der Waals surface area contributed by atoms with Crippen LogP contribution < -0.4 is 14.2 Å². The van der Waals surface area contributed by atoms with Crippen molar-refractivity contribution in [2.75, 3.05) is 14.2 Å². The summed E-state index contributed by atoms with van der Waals surface area (Å²) >= 11 is 0. The van der Waals surface area contributed by atoms with Gasteiger partial charge in [-0.2, -0.15) is 23.1 Å². The van der Waals surface area contributed by atoms with Crippen molar-refractivity contribution in [1.29, 1.82) is 0 Å². The molecule has 0 saturated carbocycles. The first kappa shape index (κ1) is 20.1. The van der Waals surface area contributed by atoms with E-state index in [0.717, 1.165) is 12.1 Å². The second kappa shape index (κ2) is 8.59. The van der Waals surface area contributed by atoms with Crippen molar-refractivity contribution in [3.63, 3.8) is 0 Å². The van der Waals surface area contributed by atoms with Gasteiger partial charge in [0, 0.05) is 11.8 Å². The number of rotatable bonds is 6. The maximum Gasteiger partial charge on any atom is 0.416 e. The van der Waals surface area contributed by atoms with Crippen LogP contribution in [0.25, 0.3) is 0 Å². The standard InChI is InChI=1S/C20H16F3N3O3/c1-27-17-11-18(28-2)26-19(25-17)29-16-9-4-3-6-13(16)12-24-15-8-5-7-14(10-15)20(21,22)23/h3-12H,1-2H3. The summed E-state index contributed by atoms with van der Waals surface area (Å²) in [5, 5.41) is 0. The van der Waals surface area contributed by atoms with Crippen molar-refractivity contribution in [2.24, 2.45) is 4.99 Å². The molecule has 0 spiro atoms. The van der Waals surface area contributed by atoms with Crippen LogP contribution in [0.5, 0.6) is 23.5 Å². The molecule has 0 radical (unpaired) electrons. The lowest BCUT2D eigenvalue weighted by molar-refractivity contribution is -0.137. The van der Waals surface area contributed by atoms with Crippen molar-refractivity contribution < 1.29 is 27.4 Å². The molecule has 0 fully saturated rings. The smallest absolute Gasteiger partial charge is 0.416 e. The van der Waals surface area contributed by atoms with Crippen molar-refractivity contribution in [2.45, 2.75) is 6.18 Å². The van der Waals surface area contributed by atoms with Gasteiger partial charge in [0.25, 0.3) is 0 Å². The van der Waals surface area contributed by atoms with Crippen LogP contribution in [0.2, 0.25) is 0 Å². The van der Waals surface area contributed by atoms with Crippen LogP contribution in [0, 0.1) is 0 Å². The number of aromatic nitrogens is 2. The Kier molecular flexibility index (Phi) is 5.96. The van der Waals surface area contributed by atoms with Crippen molar-refractivity contribution >= 4 is 11.9 Å². The lowest BCUT2D eigenvalue weighted by Crippen LogP contribution is -2.03. The molecule has 0 saturated heterocycles. The molecule has 0 aliphatic carbocycles. The molecule has 0 bridgehead atoms. The SMILES string of the molecule is COc1cc(OC)nc(Oc2ccccc2C=Nc2cccc(C(F)(F)F)c2)n1. The van der Waals surface area contributed by atoms with E-state index in [4.69, 9.17) is 14.2 Å².